The van der Waals surface area contributed by atoms with Crippen LogP contribution in [0.25, 0.3) is 0 Å². The largest absolute Gasteiger partial charge is 0.311 e. The van der Waals surface area contributed by atoms with E-state index in [-0.39, 0.29) is 16.7 Å². The standard InChI is InChI=1S/C14H15NO3S/c1-4-11-7-14(16)15(9-11)13-8-12(19(3,17)18)6-5-10(13)2/h1,5-6,8,11H,7,9H2,2-3H3. The van der Waals surface area contributed by atoms with Gasteiger partial charge in [0.1, 0.15) is 0 Å². The van der Waals surface area contributed by atoms with Crippen molar-refractivity contribution in [2.75, 3.05) is 17.7 Å². The first-order chi connectivity index (χ1) is 8.82. The monoisotopic (exact) mass is 277 g/mol. The van der Waals surface area contributed by atoms with Gasteiger partial charge in [0, 0.05) is 30.8 Å². The van der Waals surface area contributed by atoms with Crippen molar-refractivity contribution in [1.29, 1.82) is 0 Å². The fourth-order valence-electron chi connectivity index (χ4n) is 2.16. The van der Waals surface area contributed by atoms with Gasteiger partial charge in [-0.05, 0) is 24.6 Å². The Kier molecular flexibility index (Phi) is 3.38. The topological polar surface area (TPSA) is 54.5 Å². The van der Waals surface area contributed by atoms with E-state index >= 15 is 0 Å². The highest BCUT2D eigenvalue weighted by atomic mass is 32.2. The molecular weight excluding hydrogens is 262 g/mol. The molecule has 1 aromatic carbocycles. The van der Waals surface area contributed by atoms with Crippen LogP contribution in [0.15, 0.2) is 23.1 Å². The number of anilines is 1. The fourth-order valence-corrected chi connectivity index (χ4v) is 2.80. The van der Waals surface area contributed by atoms with Gasteiger partial charge in [-0.3, -0.25) is 4.79 Å². The SMILES string of the molecule is C#CC1CC(=O)N(c2cc(S(C)(=O)=O)ccc2C)C1. The quantitative estimate of drug-likeness (QED) is 0.768. The van der Waals surface area contributed by atoms with Crippen LogP contribution >= 0.6 is 0 Å². The number of amides is 1. The highest BCUT2D eigenvalue weighted by molar-refractivity contribution is 7.90. The van der Waals surface area contributed by atoms with Gasteiger partial charge in [0.05, 0.1) is 4.90 Å². The van der Waals surface area contributed by atoms with Crippen molar-refractivity contribution < 1.29 is 13.2 Å². The first-order valence-electron chi connectivity index (χ1n) is 5.90. The molecule has 0 saturated carbocycles. The van der Waals surface area contributed by atoms with Crippen LogP contribution in [0.5, 0.6) is 0 Å². The first kappa shape index (κ1) is 13.6. The summed E-state index contributed by atoms with van der Waals surface area (Å²) in [6, 6.07) is 4.80. The number of terminal acetylenes is 1. The molecule has 1 aliphatic heterocycles. The van der Waals surface area contributed by atoms with Crippen LogP contribution in [0.4, 0.5) is 5.69 Å². The molecule has 100 valence electrons. The van der Waals surface area contributed by atoms with E-state index in [0.717, 1.165) is 11.8 Å². The van der Waals surface area contributed by atoms with Crippen LogP contribution < -0.4 is 4.90 Å². The number of hydrogen-bond donors (Lipinski definition) is 0. The number of aryl methyl sites for hydroxylation is 1. The molecule has 4 nitrogen and oxygen atoms in total. The average molecular weight is 277 g/mol. The van der Waals surface area contributed by atoms with E-state index in [1.807, 2.05) is 6.92 Å². The van der Waals surface area contributed by atoms with Crippen molar-refractivity contribution in [3.05, 3.63) is 23.8 Å². The Morgan fingerprint density at radius 3 is 2.63 bits per heavy atom. The number of hydrogen-bond acceptors (Lipinski definition) is 3. The van der Waals surface area contributed by atoms with Gasteiger partial charge in [-0.2, -0.15) is 0 Å². The molecule has 1 heterocycles. The molecule has 1 aliphatic rings. The highest BCUT2D eigenvalue weighted by Gasteiger charge is 2.30. The van der Waals surface area contributed by atoms with Gasteiger partial charge in [0.25, 0.3) is 0 Å². The van der Waals surface area contributed by atoms with Crippen molar-refractivity contribution in [3.63, 3.8) is 0 Å². The summed E-state index contributed by atoms with van der Waals surface area (Å²) >= 11 is 0. The van der Waals surface area contributed by atoms with Gasteiger partial charge in [-0.1, -0.05) is 6.07 Å². The molecule has 1 unspecified atom stereocenters. The van der Waals surface area contributed by atoms with E-state index in [9.17, 15) is 13.2 Å². The summed E-state index contributed by atoms with van der Waals surface area (Å²) in [5.41, 5.74) is 1.49. The lowest BCUT2D eigenvalue weighted by Gasteiger charge is -2.19. The minimum atomic E-state index is -3.29. The zero-order valence-corrected chi connectivity index (χ0v) is 11.7. The Labute approximate surface area is 113 Å². The lowest BCUT2D eigenvalue weighted by atomic mass is 10.1. The van der Waals surface area contributed by atoms with Crippen LogP contribution in [0.2, 0.25) is 0 Å². The van der Waals surface area contributed by atoms with E-state index in [4.69, 9.17) is 6.42 Å². The maximum Gasteiger partial charge on any atom is 0.228 e. The van der Waals surface area contributed by atoms with Gasteiger partial charge in [0.2, 0.25) is 5.91 Å². The molecule has 2 rings (SSSR count). The van der Waals surface area contributed by atoms with Gasteiger partial charge < -0.3 is 4.90 Å². The molecule has 0 spiro atoms. The van der Waals surface area contributed by atoms with Crippen molar-refractivity contribution in [2.45, 2.75) is 18.2 Å². The highest BCUT2D eigenvalue weighted by Crippen LogP contribution is 2.29. The maximum absolute atomic E-state index is 11.9. The lowest BCUT2D eigenvalue weighted by Crippen LogP contribution is -2.25. The third-order valence-corrected chi connectivity index (χ3v) is 4.37. The summed E-state index contributed by atoms with van der Waals surface area (Å²) < 4.78 is 23.2. The number of carbonyl (C=O) groups is 1. The summed E-state index contributed by atoms with van der Waals surface area (Å²) in [7, 11) is -3.29. The number of rotatable bonds is 2. The van der Waals surface area contributed by atoms with Gasteiger partial charge >= 0.3 is 0 Å². The molecule has 0 radical (unpaired) electrons. The van der Waals surface area contributed by atoms with Crippen LogP contribution in [0, 0.1) is 25.2 Å². The van der Waals surface area contributed by atoms with E-state index in [2.05, 4.69) is 5.92 Å². The second kappa shape index (κ2) is 4.71. The molecular formula is C14H15NO3S. The van der Waals surface area contributed by atoms with Gasteiger partial charge in [-0.15, -0.1) is 12.3 Å². The Morgan fingerprint density at radius 1 is 1.42 bits per heavy atom. The predicted molar refractivity (Wildman–Crippen MR) is 73.6 cm³/mol. The van der Waals surface area contributed by atoms with E-state index in [1.165, 1.54) is 0 Å². The lowest BCUT2D eigenvalue weighted by molar-refractivity contribution is -0.117. The number of carbonyl (C=O) groups excluding carboxylic acids is 1. The third kappa shape index (κ3) is 2.64. The second-order valence-electron chi connectivity index (χ2n) is 4.79. The number of sulfone groups is 1. The smallest absolute Gasteiger partial charge is 0.228 e. The minimum Gasteiger partial charge on any atom is -0.311 e. The third-order valence-electron chi connectivity index (χ3n) is 3.26. The van der Waals surface area contributed by atoms with Crippen LogP contribution in [0.3, 0.4) is 0 Å². The Balaban J connectivity index is 2.46. The Hall–Kier alpha value is -1.80. The molecule has 0 bridgehead atoms. The molecule has 1 atom stereocenters. The van der Waals surface area contributed by atoms with Crippen LogP contribution in [-0.4, -0.2) is 27.1 Å². The summed E-state index contributed by atoms with van der Waals surface area (Å²) in [5.74, 6) is 2.42. The molecule has 0 N–H and O–H groups in total. The van der Waals surface area contributed by atoms with E-state index in [0.29, 0.717) is 18.7 Å². The molecule has 1 amide bonds. The summed E-state index contributed by atoms with van der Waals surface area (Å²) in [5, 5.41) is 0. The normalized spacial score (nSPS) is 19.5. The average Bonchev–Trinajstić information content (AvgIpc) is 2.69. The van der Waals surface area contributed by atoms with E-state index < -0.39 is 9.84 Å². The second-order valence-corrected chi connectivity index (χ2v) is 6.81. The summed E-state index contributed by atoms with van der Waals surface area (Å²) in [6.07, 6.45) is 6.82. The maximum atomic E-state index is 11.9. The van der Waals surface area contributed by atoms with Gasteiger partial charge in [-0.25, -0.2) is 8.42 Å². The molecule has 1 fully saturated rings. The molecule has 1 aromatic rings. The molecule has 5 heteroatoms. The zero-order chi connectivity index (χ0) is 14.2. The minimum absolute atomic E-state index is 0.0586. The molecule has 19 heavy (non-hydrogen) atoms. The fraction of sp³-hybridized carbons (Fsp3) is 0.357. The van der Waals surface area contributed by atoms with Crippen LogP contribution in [0.1, 0.15) is 12.0 Å². The van der Waals surface area contributed by atoms with Crippen molar-refractivity contribution in [2.24, 2.45) is 5.92 Å². The number of nitrogens with zero attached hydrogens (tertiary/aromatic N) is 1. The molecule has 1 saturated heterocycles. The molecule has 0 aliphatic carbocycles. The Morgan fingerprint density at radius 2 is 2.11 bits per heavy atom. The van der Waals surface area contributed by atoms with Crippen molar-refractivity contribution in [3.8, 4) is 12.3 Å². The predicted octanol–water partition coefficient (Wildman–Crippen LogP) is 1.38. The summed E-state index contributed by atoms with van der Waals surface area (Å²) in [6.45, 7) is 2.29. The Bertz CT molecular complexity index is 670. The number of benzene rings is 1. The van der Waals surface area contributed by atoms with E-state index in [1.54, 1.807) is 23.1 Å². The van der Waals surface area contributed by atoms with Crippen molar-refractivity contribution >= 4 is 21.4 Å². The van der Waals surface area contributed by atoms with Crippen LogP contribution in [-0.2, 0) is 14.6 Å². The first-order valence-corrected chi connectivity index (χ1v) is 7.79. The van der Waals surface area contributed by atoms with Crippen molar-refractivity contribution in [1.82, 2.24) is 0 Å². The summed E-state index contributed by atoms with van der Waals surface area (Å²) in [4.78, 5) is 13.7. The molecule has 0 aromatic heterocycles. The zero-order valence-electron chi connectivity index (χ0n) is 10.9. The van der Waals surface area contributed by atoms with Gasteiger partial charge in [0.15, 0.2) is 9.84 Å².